The fourth-order valence-electron chi connectivity index (χ4n) is 1.20. The zero-order chi connectivity index (χ0) is 14.3. The standard InChI is InChI=1S/C10H15N5O4/c1-3-4-6(14-10(17)18-2)19-8(16)7-12-5-13-9(11)15-7/h5-6H,3-4H2,1-2H3,(H,14,17)(H2,11,12,13,15). The van der Waals surface area contributed by atoms with E-state index < -0.39 is 18.3 Å². The lowest BCUT2D eigenvalue weighted by atomic mass is 10.3. The number of rotatable bonds is 5. The molecule has 0 aliphatic rings. The van der Waals surface area contributed by atoms with Gasteiger partial charge >= 0.3 is 12.1 Å². The van der Waals surface area contributed by atoms with Gasteiger partial charge in [0.2, 0.25) is 11.8 Å². The van der Waals surface area contributed by atoms with E-state index in [-0.39, 0.29) is 11.8 Å². The van der Waals surface area contributed by atoms with Crippen molar-refractivity contribution in [3.05, 3.63) is 12.2 Å². The predicted molar refractivity (Wildman–Crippen MR) is 63.9 cm³/mol. The van der Waals surface area contributed by atoms with Crippen molar-refractivity contribution in [3.8, 4) is 0 Å². The average molecular weight is 269 g/mol. The Morgan fingerprint density at radius 3 is 2.79 bits per heavy atom. The molecule has 0 aromatic carbocycles. The van der Waals surface area contributed by atoms with E-state index in [4.69, 9.17) is 10.5 Å². The number of carbonyl (C=O) groups excluding carboxylic acids is 2. The molecule has 9 nitrogen and oxygen atoms in total. The van der Waals surface area contributed by atoms with E-state index in [0.29, 0.717) is 12.8 Å². The Morgan fingerprint density at radius 2 is 2.21 bits per heavy atom. The van der Waals surface area contributed by atoms with Crippen LogP contribution in [0.4, 0.5) is 10.7 Å². The van der Waals surface area contributed by atoms with Gasteiger partial charge in [0, 0.05) is 6.42 Å². The minimum atomic E-state index is -0.817. The molecule has 1 atom stereocenters. The third-order valence-corrected chi connectivity index (χ3v) is 2.04. The van der Waals surface area contributed by atoms with Crippen molar-refractivity contribution in [2.75, 3.05) is 12.8 Å². The molecular weight excluding hydrogens is 254 g/mol. The predicted octanol–water partition coefficient (Wildman–Crippen LogP) is 0.0928. The van der Waals surface area contributed by atoms with Gasteiger partial charge in [0.25, 0.3) is 0 Å². The Morgan fingerprint density at radius 1 is 1.47 bits per heavy atom. The highest BCUT2D eigenvalue weighted by Crippen LogP contribution is 2.03. The van der Waals surface area contributed by atoms with Crippen LogP contribution < -0.4 is 11.1 Å². The van der Waals surface area contributed by atoms with Crippen LogP contribution in [0.3, 0.4) is 0 Å². The first-order valence-corrected chi connectivity index (χ1v) is 5.56. The Kier molecular flexibility index (Phi) is 5.45. The highest BCUT2D eigenvalue weighted by molar-refractivity contribution is 5.85. The quantitative estimate of drug-likeness (QED) is 0.568. The number of hydrogen-bond acceptors (Lipinski definition) is 8. The maximum Gasteiger partial charge on any atom is 0.409 e. The summed E-state index contributed by atoms with van der Waals surface area (Å²) in [4.78, 5) is 33.6. The number of nitrogen functional groups attached to an aromatic ring is 1. The maximum atomic E-state index is 11.7. The van der Waals surface area contributed by atoms with Gasteiger partial charge in [-0.15, -0.1) is 0 Å². The van der Waals surface area contributed by atoms with Crippen molar-refractivity contribution < 1.29 is 19.1 Å². The van der Waals surface area contributed by atoms with Gasteiger partial charge in [0.1, 0.15) is 6.33 Å². The van der Waals surface area contributed by atoms with Gasteiger partial charge in [0.15, 0.2) is 6.23 Å². The largest absolute Gasteiger partial charge is 0.453 e. The zero-order valence-electron chi connectivity index (χ0n) is 10.6. The Labute approximate surface area is 109 Å². The second-order valence-corrected chi connectivity index (χ2v) is 3.49. The molecule has 0 saturated carbocycles. The van der Waals surface area contributed by atoms with E-state index in [1.807, 2.05) is 6.92 Å². The molecule has 0 fully saturated rings. The van der Waals surface area contributed by atoms with Crippen LogP contribution in [0.25, 0.3) is 0 Å². The molecule has 9 heteroatoms. The lowest BCUT2D eigenvalue weighted by Crippen LogP contribution is -2.38. The van der Waals surface area contributed by atoms with Gasteiger partial charge in [-0.1, -0.05) is 13.3 Å². The molecule has 1 rings (SSSR count). The Balaban J connectivity index is 2.67. The summed E-state index contributed by atoms with van der Waals surface area (Å²) in [5.74, 6) is -1.11. The van der Waals surface area contributed by atoms with Crippen molar-refractivity contribution in [2.24, 2.45) is 0 Å². The highest BCUT2D eigenvalue weighted by Gasteiger charge is 2.19. The molecule has 1 aromatic rings. The van der Waals surface area contributed by atoms with Gasteiger partial charge in [-0.25, -0.2) is 19.6 Å². The summed E-state index contributed by atoms with van der Waals surface area (Å²) >= 11 is 0. The molecule has 1 aromatic heterocycles. The molecule has 1 heterocycles. The average Bonchev–Trinajstić information content (AvgIpc) is 2.38. The topological polar surface area (TPSA) is 129 Å². The molecule has 0 saturated heterocycles. The molecule has 1 amide bonds. The number of anilines is 1. The summed E-state index contributed by atoms with van der Waals surface area (Å²) in [5.41, 5.74) is 5.33. The highest BCUT2D eigenvalue weighted by atomic mass is 16.6. The fourth-order valence-corrected chi connectivity index (χ4v) is 1.20. The Hall–Kier alpha value is -2.45. The molecule has 0 aliphatic carbocycles. The van der Waals surface area contributed by atoms with Crippen molar-refractivity contribution in [1.29, 1.82) is 0 Å². The van der Waals surface area contributed by atoms with Crippen molar-refractivity contribution in [3.63, 3.8) is 0 Å². The zero-order valence-corrected chi connectivity index (χ0v) is 10.6. The van der Waals surface area contributed by atoms with Crippen LogP contribution in [-0.4, -0.2) is 40.4 Å². The summed E-state index contributed by atoms with van der Waals surface area (Å²) in [6, 6.07) is 0. The number of nitrogens with one attached hydrogen (secondary N) is 1. The van der Waals surface area contributed by atoms with Crippen LogP contribution in [-0.2, 0) is 9.47 Å². The number of aromatic nitrogens is 3. The van der Waals surface area contributed by atoms with Gasteiger partial charge in [-0.05, 0) is 0 Å². The number of methoxy groups -OCH3 is 1. The number of nitrogens with two attached hydrogens (primary N) is 1. The number of esters is 1. The fraction of sp³-hybridized carbons (Fsp3) is 0.500. The minimum absolute atomic E-state index is 0.0880. The number of ether oxygens (including phenoxy) is 2. The first-order valence-electron chi connectivity index (χ1n) is 5.56. The number of hydrogen-bond donors (Lipinski definition) is 2. The molecule has 0 bridgehead atoms. The molecule has 19 heavy (non-hydrogen) atoms. The Bertz CT molecular complexity index is 453. The molecule has 0 aliphatic heterocycles. The van der Waals surface area contributed by atoms with Gasteiger partial charge in [-0.3, -0.25) is 5.32 Å². The van der Waals surface area contributed by atoms with E-state index in [9.17, 15) is 9.59 Å². The molecule has 0 spiro atoms. The van der Waals surface area contributed by atoms with Crippen LogP contribution in [0.2, 0.25) is 0 Å². The lowest BCUT2D eigenvalue weighted by molar-refractivity contribution is 0.0178. The number of carbonyl (C=O) groups is 2. The van der Waals surface area contributed by atoms with Crippen LogP contribution >= 0.6 is 0 Å². The normalized spacial score (nSPS) is 11.5. The second-order valence-electron chi connectivity index (χ2n) is 3.49. The van der Waals surface area contributed by atoms with E-state index in [1.54, 1.807) is 0 Å². The van der Waals surface area contributed by atoms with Crippen LogP contribution in [0.5, 0.6) is 0 Å². The third kappa shape index (κ3) is 4.74. The molecule has 1 unspecified atom stereocenters. The molecule has 3 N–H and O–H groups in total. The van der Waals surface area contributed by atoms with E-state index in [1.165, 1.54) is 7.11 Å². The first kappa shape index (κ1) is 14.6. The van der Waals surface area contributed by atoms with E-state index >= 15 is 0 Å². The number of nitrogens with zero attached hydrogens (tertiary/aromatic N) is 3. The van der Waals surface area contributed by atoms with Crippen LogP contribution in [0, 0.1) is 0 Å². The summed E-state index contributed by atoms with van der Waals surface area (Å²) in [7, 11) is 1.22. The maximum absolute atomic E-state index is 11.7. The molecule has 104 valence electrons. The molecular formula is C10H15N5O4. The summed E-state index contributed by atoms with van der Waals surface area (Å²) in [5, 5.41) is 2.38. The molecule has 0 radical (unpaired) electrons. The van der Waals surface area contributed by atoms with Crippen molar-refractivity contribution in [2.45, 2.75) is 26.0 Å². The summed E-state index contributed by atoms with van der Waals surface area (Å²) in [6.45, 7) is 1.88. The van der Waals surface area contributed by atoms with E-state index in [0.717, 1.165) is 6.33 Å². The second kappa shape index (κ2) is 7.09. The van der Waals surface area contributed by atoms with Crippen LogP contribution in [0.1, 0.15) is 30.4 Å². The van der Waals surface area contributed by atoms with Crippen molar-refractivity contribution >= 4 is 18.0 Å². The van der Waals surface area contributed by atoms with Gasteiger partial charge in [-0.2, -0.15) is 4.98 Å². The lowest BCUT2D eigenvalue weighted by Gasteiger charge is -2.17. The first-order chi connectivity index (χ1) is 9.06. The summed E-state index contributed by atoms with van der Waals surface area (Å²) < 4.78 is 9.48. The number of alkyl carbamates (subject to hydrolysis) is 1. The minimum Gasteiger partial charge on any atom is -0.453 e. The van der Waals surface area contributed by atoms with Gasteiger partial charge < -0.3 is 15.2 Å². The van der Waals surface area contributed by atoms with Crippen LogP contribution in [0.15, 0.2) is 6.33 Å². The van der Waals surface area contributed by atoms with Gasteiger partial charge in [0.05, 0.1) is 7.11 Å². The SMILES string of the molecule is CCCC(NC(=O)OC)OC(=O)c1ncnc(N)n1. The van der Waals surface area contributed by atoms with E-state index in [2.05, 4.69) is 25.0 Å². The van der Waals surface area contributed by atoms with Crippen molar-refractivity contribution in [1.82, 2.24) is 20.3 Å². The monoisotopic (exact) mass is 269 g/mol. The third-order valence-electron chi connectivity index (χ3n) is 2.04. The summed E-state index contributed by atoms with van der Waals surface area (Å²) in [6.07, 6.45) is 0.717. The number of amides is 1. The smallest absolute Gasteiger partial charge is 0.409 e.